The molecular weight excluding hydrogens is 358 g/mol. The molecular formula is C26H29NO2. The zero-order valence-corrected chi connectivity index (χ0v) is 17.6. The molecule has 3 aromatic carbocycles. The van der Waals surface area contributed by atoms with Crippen molar-refractivity contribution in [3.8, 4) is 5.75 Å². The Balaban J connectivity index is 1.84. The molecule has 3 nitrogen and oxygen atoms in total. The predicted octanol–water partition coefficient (Wildman–Crippen LogP) is 5.68. The highest BCUT2D eigenvalue weighted by atomic mass is 16.5. The number of benzene rings is 3. The van der Waals surface area contributed by atoms with Crippen LogP contribution in [0.2, 0.25) is 0 Å². The van der Waals surface area contributed by atoms with E-state index in [0.29, 0.717) is 6.42 Å². The number of carbonyl (C=O) groups excluding carboxylic acids is 1. The normalized spacial score (nSPS) is 12.8. The van der Waals surface area contributed by atoms with Crippen LogP contribution < -0.4 is 10.1 Å². The topological polar surface area (TPSA) is 38.3 Å². The van der Waals surface area contributed by atoms with Gasteiger partial charge in [-0.05, 0) is 55.5 Å². The first kappa shape index (κ1) is 20.7. The van der Waals surface area contributed by atoms with E-state index in [2.05, 4.69) is 36.5 Å². The van der Waals surface area contributed by atoms with Crippen molar-refractivity contribution in [3.05, 3.63) is 101 Å². The Morgan fingerprint density at radius 1 is 0.862 bits per heavy atom. The monoisotopic (exact) mass is 387 g/mol. The first-order chi connectivity index (χ1) is 14.0. The number of amides is 1. The second kappa shape index (κ2) is 9.42. The van der Waals surface area contributed by atoms with Gasteiger partial charge in [0.25, 0.3) is 5.91 Å². The van der Waals surface area contributed by atoms with Crippen LogP contribution in [0.1, 0.15) is 47.2 Å². The molecule has 150 valence electrons. The van der Waals surface area contributed by atoms with Crippen molar-refractivity contribution in [2.24, 2.45) is 0 Å². The summed E-state index contributed by atoms with van der Waals surface area (Å²) in [6.07, 6.45) is 0.0430. The van der Waals surface area contributed by atoms with E-state index in [-0.39, 0.29) is 11.9 Å². The maximum absolute atomic E-state index is 13.2. The van der Waals surface area contributed by atoms with Crippen LogP contribution in [0.15, 0.2) is 72.8 Å². The number of hydrogen-bond acceptors (Lipinski definition) is 2. The highest BCUT2D eigenvalue weighted by Crippen LogP contribution is 2.25. The van der Waals surface area contributed by atoms with Crippen LogP contribution in [-0.2, 0) is 4.79 Å². The predicted molar refractivity (Wildman–Crippen MR) is 118 cm³/mol. The highest BCUT2D eigenvalue weighted by molar-refractivity contribution is 5.82. The van der Waals surface area contributed by atoms with E-state index in [1.54, 1.807) is 0 Å². The van der Waals surface area contributed by atoms with Gasteiger partial charge in [0.2, 0.25) is 0 Å². The third kappa shape index (κ3) is 5.26. The molecule has 0 aromatic heterocycles. The number of hydrogen-bond donors (Lipinski definition) is 1. The molecule has 0 aliphatic rings. The lowest BCUT2D eigenvalue weighted by Crippen LogP contribution is -2.40. The van der Waals surface area contributed by atoms with Crippen molar-refractivity contribution in [2.45, 2.75) is 46.3 Å². The molecule has 0 unspecified atom stereocenters. The lowest BCUT2D eigenvalue weighted by Gasteiger charge is -2.24. The average Bonchev–Trinajstić information content (AvgIpc) is 2.74. The van der Waals surface area contributed by atoms with Gasteiger partial charge in [-0.3, -0.25) is 4.79 Å². The summed E-state index contributed by atoms with van der Waals surface area (Å²) in [4.78, 5) is 13.2. The fourth-order valence-corrected chi connectivity index (χ4v) is 3.31. The Kier molecular flexibility index (Phi) is 6.71. The first-order valence-corrected chi connectivity index (χ1v) is 10.1. The van der Waals surface area contributed by atoms with Crippen molar-refractivity contribution in [1.82, 2.24) is 5.32 Å². The lowest BCUT2D eigenvalue weighted by atomic mass is 9.97. The fraction of sp³-hybridized carbons (Fsp3) is 0.269. The summed E-state index contributed by atoms with van der Waals surface area (Å²) in [5.74, 6) is 0.654. The summed E-state index contributed by atoms with van der Waals surface area (Å²) in [5.41, 5.74) is 5.43. The minimum atomic E-state index is -0.549. The van der Waals surface area contributed by atoms with Gasteiger partial charge in [0.1, 0.15) is 5.75 Å². The maximum atomic E-state index is 13.2. The van der Waals surface area contributed by atoms with Crippen LogP contribution in [-0.4, -0.2) is 12.0 Å². The minimum Gasteiger partial charge on any atom is -0.480 e. The molecule has 0 spiro atoms. The molecule has 29 heavy (non-hydrogen) atoms. The van der Waals surface area contributed by atoms with E-state index >= 15 is 0 Å². The van der Waals surface area contributed by atoms with E-state index in [9.17, 15) is 4.79 Å². The van der Waals surface area contributed by atoms with E-state index in [1.165, 1.54) is 5.56 Å². The third-order valence-electron chi connectivity index (χ3n) is 5.11. The van der Waals surface area contributed by atoms with E-state index in [0.717, 1.165) is 28.0 Å². The van der Waals surface area contributed by atoms with E-state index < -0.39 is 6.10 Å². The summed E-state index contributed by atoms with van der Waals surface area (Å²) in [5, 5.41) is 3.21. The van der Waals surface area contributed by atoms with Crippen LogP contribution in [0.3, 0.4) is 0 Å². The zero-order valence-electron chi connectivity index (χ0n) is 17.6. The average molecular weight is 388 g/mol. The zero-order chi connectivity index (χ0) is 20.8. The van der Waals surface area contributed by atoms with Crippen molar-refractivity contribution in [1.29, 1.82) is 0 Å². The molecule has 0 aliphatic carbocycles. The van der Waals surface area contributed by atoms with Crippen molar-refractivity contribution >= 4 is 5.91 Å². The maximum Gasteiger partial charge on any atom is 0.261 e. The summed E-state index contributed by atoms with van der Waals surface area (Å²) < 4.78 is 6.12. The summed E-state index contributed by atoms with van der Waals surface area (Å²) >= 11 is 0. The van der Waals surface area contributed by atoms with Gasteiger partial charge >= 0.3 is 0 Å². The van der Waals surface area contributed by atoms with Gasteiger partial charge in [0, 0.05) is 0 Å². The SMILES string of the molecule is CC[C@@H](Oc1cc(C)ccc1C)C(=O)N[C@@H](c1ccccc1)c1ccc(C)cc1. The van der Waals surface area contributed by atoms with Crippen molar-refractivity contribution in [3.63, 3.8) is 0 Å². The summed E-state index contributed by atoms with van der Waals surface area (Å²) in [6, 6.07) is 24.2. The third-order valence-corrected chi connectivity index (χ3v) is 5.11. The quantitative estimate of drug-likeness (QED) is 0.567. The van der Waals surface area contributed by atoms with Gasteiger partial charge in [0.05, 0.1) is 6.04 Å². The van der Waals surface area contributed by atoms with Gasteiger partial charge < -0.3 is 10.1 Å². The van der Waals surface area contributed by atoms with Crippen LogP contribution in [0.5, 0.6) is 5.75 Å². The summed E-state index contributed by atoms with van der Waals surface area (Å²) in [7, 11) is 0. The van der Waals surface area contributed by atoms with Gasteiger partial charge in [-0.1, -0.05) is 79.2 Å². The van der Waals surface area contributed by atoms with Crippen molar-refractivity contribution in [2.75, 3.05) is 0 Å². The Morgan fingerprint density at radius 2 is 1.48 bits per heavy atom. The van der Waals surface area contributed by atoms with E-state index in [4.69, 9.17) is 4.74 Å². The molecule has 1 amide bonds. The first-order valence-electron chi connectivity index (χ1n) is 10.1. The summed E-state index contributed by atoms with van der Waals surface area (Å²) in [6.45, 7) is 8.05. The fourth-order valence-electron chi connectivity index (χ4n) is 3.31. The number of rotatable bonds is 7. The largest absolute Gasteiger partial charge is 0.480 e. The van der Waals surface area contributed by atoms with Crippen molar-refractivity contribution < 1.29 is 9.53 Å². The molecule has 0 radical (unpaired) electrons. The van der Waals surface area contributed by atoms with Crippen LogP contribution in [0.25, 0.3) is 0 Å². The number of ether oxygens (including phenoxy) is 1. The van der Waals surface area contributed by atoms with Gasteiger partial charge in [-0.25, -0.2) is 0 Å². The molecule has 1 N–H and O–H groups in total. The molecule has 0 saturated carbocycles. The molecule has 0 heterocycles. The molecule has 3 heteroatoms. The second-order valence-electron chi connectivity index (χ2n) is 7.55. The Hall–Kier alpha value is -3.07. The number of carbonyl (C=O) groups is 1. The van der Waals surface area contributed by atoms with Crippen LogP contribution in [0.4, 0.5) is 0 Å². The molecule has 3 aromatic rings. The molecule has 0 saturated heterocycles. The standard InChI is InChI=1S/C26H29NO2/c1-5-23(29-24-17-19(3)11-14-20(24)4)26(28)27-25(21-9-7-6-8-10-21)22-15-12-18(2)13-16-22/h6-17,23,25H,5H2,1-4H3,(H,27,28)/t23-,25+/m1/s1. The van der Waals surface area contributed by atoms with E-state index in [1.807, 2.05) is 69.3 Å². The van der Waals surface area contributed by atoms with Gasteiger partial charge in [-0.15, -0.1) is 0 Å². The number of nitrogens with one attached hydrogen (secondary N) is 1. The second-order valence-corrected chi connectivity index (χ2v) is 7.55. The minimum absolute atomic E-state index is 0.108. The molecule has 0 fully saturated rings. The number of aryl methyl sites for hydroxylation is 3. The molecule has 0 aliphatic heterocycles. The molecule has 3 rings (SSSR count). The lowest BCUT2D eigenvalue weighted by molar-refractivity contribution is -0.128. The highest BCUT2D eigenvalue weighted by Gasteiger charge is 2.24. The smallest absolute Gasteiger partial charge is 0.261 e. The Morgan fingerprint density at radius 3 is 2.14 bits per heavy atom. The van der Waals surface area contributed by atoms with Crippen LogP contribution >= 0.6 is 0 Å². The Bertz CT molecular complexity index is 948. The van der Waals surface area contributed by atoms with Crippen LogP contribution in [0, 0.1) is 20.8 Å². The molecule has 2 atom stereocenters. The molecule has 0 bridgehead atoms. The van der Waals surface area contributed by atoms with Gasteiger partial charge in [-0.2, -0.15) is 0 Å². The van der Waals surface area contributed by atoms with Gasteiger partial charge in [0.15, 0.2) is 6.10 Å². The Labute approximate surface area is 173 Å².